The Morgan fingerprint density at radius 3 is 2.29 bits per heavy atom. The third kappa shape index (κ3) is 3.39. The van der Waals surface area contributed by atoms with Crippen LogP contribution in [0.15, 0.2) is 18.2 Å². The van der Waals surface area contributed by atoms with Gasteiger partial charge in [0.2, 0.25) is 0 Å². The average molecular weight is 231 g/mol. The maximum atomic E-state index is 5.71. The zero-order valence-electron chi connectivity index (χ0n) is 8.26. The van der Waals surface area contributed by atoms with E-state index in [1.807, 2.05) is 13.0 Å². The van der Waals surface area contributed by atoms with E-state index in [4.69, 9.17) is 23.2 Å². The first-order valence-corrected chi connectivity index (χ1v) is 5.70. The summed E-state index contributed by atoms with van der Waals surface area (Å²) in [4.78, 5) is 2.14. The molecular weight excluding hydrogens is 217 g/mol. The van der Waals surface area contributed by atoms with Gasteiger partial charge in [0, 0.05) is 36.6 Å². The first-order valence-electron chi connectivity index (χ1n) is 4.63. The molecule has 0 aliphatic heterocycles. The van der Waals surface area contributed by atoms with Crippen molar-refractivity contribution in [3.8, 4) is 0 Å². The minimum Gasteiger partial charge on any atom is -0.369 e. The molecule has 0 heterocycles. The molecule has 0 saturated carbocycles. The summed E-state index contributed by atoms with van der Waals surface area (Å²) >= 11 is 11.4. The van der Waals surface area contributed by atoms with E-state index in [1.54, 1.807) is 0 Å². The first-order chi connectivity index (χ1) is 6.77. The third-order valence-corrected chi connectivity index (χ3v) is 2.34. The van der Waals surface area contributed by atoms with E-state index in [1.165, 1.54) is 5.56 Å². The van der Waals surface area contributed by atoms with Gasteiger partial charge in [-0.2, -0.15) is 0 Å². The van der Waals surface area contributed by atoms with Gasteiger partial charge in [0.25, 0.3) is 0 Å². The highest BCUT2D eigenvalue weighted by atomic mass is 35.5. The second kappa shape index (κ2) is 6.15. The Kier molecular flexibility index (Phi) is 5.13. The molecule has 0 N–H and O–H groups in total. The Bertz CT molecular complexity index is 252. The standard InChI is InChI=1S/C11H14Cl2N/c1-10-2-4-11(5-3-10)14(8-6-12)9-7-13/h2-4H,6-9H2,1H3. The van der Waals surface area contributed by atoms with Crippen molar-refractivity contribution >= 4 is 28.9 Å². The van der Waals surface area contributed by atoms with Crippen molar-refractivity contribution in [1.82, 2.24) is 0 Å². The van der Waals surface area contributed by atoms with Crippen LogP contribution in [-0.2, 0) is 0 Å². The molecule has 1 aromatic carbocycles. The molecule has 1 nitrogen and oxygen atoms in total. The molecule has 0 aliphatic carbocycles. The molecule has 0 aromatic heterocycles. The van der Waals surface area contributed by atoms with Crippen molar-refractivity contribution in [2.24, 2.45) is 0 Å². The van der Waals surface area contributed by atoms with Gasteiger partial charge in [-0.05, 0) is 19.1 Å². The molecule has 1 aromatic rings. The predicted octanol–water partition coefficient (Wildman–Crippen LogP) is 3.08. The van der Waals surface area contributed by atoms with E-state index in [0.29, 0.717) is 11.8 Å². The molecule has 0 unspecified atom stereocenters. The molecule has 1 rings (SSSR count). The SMILES string of the molecule is Cc1c[c]c(N(CCCl)CCCl)cc1. The van der Waals surface area contributed by atoms with Gasteiger partial charge in [0.05, 0.1) is 0 Å². The topological polar surface area (TPSA) is 3.24 Å². The van der Waals surface area contributed by atoms with Crippen molar-refractivity contribution < 1.29 is 0 Å². The van der Waals surface area contributed by atoms with Gasteiger partial charge >= 0.3 is 0 Å². The van der Waals surface area contributed by atoms with Gasteiger partial charge in [-0.3, -0.25) is 0 Å². The molecule has 14 heavy (non-hydrogen) atoms. The van der Waals surface area contributed by atoms with Gasteiger partial charge in [-0.25, -0.2) is 0 Å². The van der Waals surface area contributed by atoms with Gasteiger partial charge in [0.15, 0.2) is 0 Å². The monoisotopic (exact) mass is 230 g/mol. The highest BCUT2D eigenvalue weighted by Crippen LogP contribution is 2.14. The Morgan fingerprint density at radius 2 is 1.86 bits per heavy atom. The van der Waals surface area contributed by atoms with Crippen LogP contribution in [0.5, 0.6) is 0 Å². The van der Waals surface area contributed by atoms with Gasteiger partial charge in [-0.15, -0.1) is 23.2 Å². The lowest BCUT2D eigenvalue weighted by Gasteiger charge is -2.22. The summed E-state index contributed by atoms with van der Waals surface area (Å²) in [5, 5.41) is 0. The van der Waals surface area contributed by atoms with Crippen molar-refractivity contribution in [2.45, 2.75) is 6.92 Å². The van der Waals surface area contributed by atoms with E-state index >= 15 is 0 Å². The fourth-order valence-corrected chi connectivity index (χ4v) is 1.66. The number of rotatable bonds is 5. The number of anilines is 1. The van der Waals surface area contributed by atoms with Crippen molar-refractivity contribution in [3.05, 3.63) is 29.8 Å². The minimum absolute atomic E-state index is 0.610. The molecular formula is C11H14Cl2N. The lowest BCUT2D eigenvalue weighted by molar-refractivity contribution is 0.873. The molecule has 0 bridgehead atoms. The van der Waals surface area contributed by atoms with Crippen LogP contribution in [0, 0.1) is 13.0 Å². The number of nitrogens with zero attached hydrogens (tertiary/aromatic N) is 1. The number of benzene rings is 1. The maximum Gasteiger partial charge on any atom is 0.0447 e. The van der Waals surface area contributed by atoms with E-state index in [0.717, 1.165) is 18.8 Å². The first kappa shape index (κ1) is 11.7. The molecule has 0 saturated heterocycles. The smallest absolute Gasteiger partial charge is 0.0447 e. The zero-order chi connectivity index (χ0) is 10.4. The van der Waals surface area contributed by atoms with Crippen LogP contribution in [0.25, 0.3) is 0 Å². The molecule has 0 atom stereocenters. The Labute approximate surface area is 95.6 Å². The molecule has 0 fully saturated rings. The van der Waals surface area contributed by atoms with Crippen LogP contribution in [0.1, 0.15) is 5.56 Å². The lowest BCUT2D eigenvalue weighted by atomic mass is 10.2. The molecule has 0 amide bonds. The number of alkyl halides is 2. The number of hydrogen-bond donors (Lipinski definition) is 0. The maximum absolute atomic E-state index is 5.71. The lowest BCUT2D eigenvalue weighted by Crippen LogP contribution is -2.27. The fourth-order valence-electron chi connectivity index (χ4n) is 1.25. The summed E-state index contributed by atoms with van der Waals surface area (Å²) in [7, 11) is 0. The van der Waals surface area contributed by atoms with E-state index < -0.39 is 0 Å². The van der Waals surface area contributed by atoms with Crippen LogP contribution in [0.2, 0.25) is 0 Å². The summed E-state index contributed by atoms with van der Waals surface area (Å²) in [5.41, 5.74) is 2.28. The van der Waals surface area contributed by atoms with E-state index in [9.17, 15) is 0 Å². The third-order valence-electron chi connectivity index (χ3n) is 2.00. The summed E-state index contributed by atoms with van der Waals surface area (Å²) in [6, 6.07) is 9.31. The number of aryl methyl sites for hydroxylation is 1. The van der Waals surface area contributed by atoms with Crippen LogP contribution in [0.3, 0.4) is 0 Å². The van der Waals surface area contributed by atoms with Crippen LogP contribution in [0.4, 0.5) is 5.69 Å². The Hall–Kier alpha value is -0.400. The average Bonchev–Trinajstić information content (AvgIpc) is 2.19. The predicted molar refractivity (Wildman–Crippen MR) is 63.7 cm³/mol. The molecule has 77 valence electrons. The van der Waals surface area contributed by atoms with E-state index in [-0.39, 0.29) is 0 Å². The summed E-state index contributed by atoms with van der Waals surface area (Å²) in [6.07, 6.45) is 0. The molecule has 1 radical (unpaired) electrons. The van der Waals surface area contributed by atoms with Crippen LogP contribution in [-0.4, -0.2) is 24.8 Å². The van der Waals surface area contributed by atoms with Crippen LogP contribution >= 0.6 is 23.2 Å². The molecule has 0 spiro atoms. The fraction of sp³-hybridized carbons (Fsp3) is 0.455. The normalized spacial score (nSPS) is 10.2. The van der Waals surface area contributed by atoms with Crippen molar-refractivity contribution in [1.29, 1.82) is 0 Å². The Balaban J connectivity index is 2.71. The van der Waals surface area contributed by atoms with Crippen LogP contribution < -0.4 is 4.90 Å². The highest BCUT2D eigenvalue weighted by Gasteiger charge is 2.04. The minimum atomic E-state index is 0.610. The summed E-state index contributed by atoms with van der Waals surface area (Å²) in [6.45, 7) is 3.68. The summed E-state index contributed by atoms with van der Waals surface area (Å²) in [5.74, 6) is 1.22. The Morgan fingerprint density at radius 1 is 1.21 bits per heavy atom. The van der Waals surface area contributed by atoms with Gasteiger partial charge in [0.1, 0.15) is 0 Å². The second-order valence-electron chi connectivity index (χ2n) is 3.12. The zero-order valence-corrected chi connectivity index (χ0v) is 9.78. The van der Waals surface area contributed by atoms with E-state index in [2.05, 4.69) is 23.1 Å². The molecule has 0 aliphatic rings. The van der Waals surface area contributed by atoms with Crippen molar-refractivity contribution in [2.75, 3.05) is 29.7 Å². The van der Waals surface area contributed by atoms with Gasteiger partial charge in [-0.1, -0.05) is 11.6 Å². The largest absolute Gasteiger partial charge is 0.369 e. The highest BCUT2D eigenvalue weighted by molar-refractivity contribution is 6.18. The quantitative estimate of drug-likeness (QED) is 0.704. The van der Waals surface area contributed by atoms with Gasteiger partial charge < -0.3 is 4.90 Å². The second-order valence-corrected chi connectivity index (χ2v) is 3.87. The molecule has 3 heteroatoms. The van der Waals surface area contributed by atoms with Crippen molar-refractivity contribution in [3.63, 3.8) is 0 Å². The number of hydrogen-bond acceptors (Lipinski definition) is 1. The number of halogens is 2. The summed E-state index contributed by atoms with van der Waals surface area (Å²) < 4.78 is 0.